The van der Waals surface area contributed by atoms with E-state index in [4.69, 9.17) is 0 Å². The first kappa shape index (κ1) is 8.88. The Bertz CT molecular complexity index is 161. The van der Waals surface area contributed by atoms with Gasteiger partial charge in [-0.3, -0.25) is 9.79 Å². The van der Waals surface area contributed by atoms with Gasteiger partial charge in [-0.05, 0) is 6.08 Å². The average molecular weight is 140 g/mol. The molecule has 0 N–H and O–H groups in total. The van der Waals surface area contributed by atoms with Gasteiger partial charge in [0.25, 0.3) is 0 Å². The van der Waals surface area contributed by atoms with Gasteiger partial charge in [-0.15, -0.1) is 0 Å². The maximum Gasteiger partial charge on any atom is 0.223 e. The van der Waals surface area contributed by atoms with Crippen LogP contribution in [0, 0.1) is 0 Å². The molecule has 0 heterocycles. The van der Waals surface area contributed by atoms with Gasteiger partial charge in [0.2, 0.25) is 5.91 Å². The lowest BCUT2D eigenvalue weighted by Gasteiger charge is -2.05. The molecule has 0 bridgehead atoms. The van der Waals surface area contributed by atoms with Crippen molar-refractivity contribution in [3.8, 4) is 0 Å². The quantitative estimate of drug-likeness (QED) is 0.519. The summed E-state index contributed by atoms with van der Waals surface area (Å²) in [5, 5.41) is 0. The minimum atomic E-state index is 0.0146. The molecule has 0 rings (SSSR count). The minimum Gasteiger partial charge on any atom is -0.322 e. The van der Waals surface area contributed by atoms with Crippen LogP contribution in [0.1, 0.15) is 6.92 Å². The van der Waals surface area contributed by atoms with E-state index < -0.39 is 0 Å². The third-order valence-electron chi connectivity index (χ3n) is 1.04. The Morgan fingerprint density at radius 2 is 2.20 bits per heavy atom. The molecule has 0 aliphatic carbocycles. The summed E-state index contributed by atoms with van der Waals surface area (Å²) in [4.78, 5) is 15.8. The number of rotatable bonds is 2. The van der Waals surface area contributed by atoms with Gasteiger partial charge in [-0.25, -0.2) is 0 Å². The average Bonchev–Trinajstić information content (AvgIpc) is 1.88. The summed E-state index contributed by atoms with van der Waals surface area (Å²) in [6.45, 7) is 1.51. The first-order valence-corrected chi connectivity index (χ1v) is 3.01. The molecule has 0 aromatic rings. The molecule has 0 spiro atoms. The molecule has 0 aromatic carbocycles. The molecule has 0 aliphatic rings. The first-order chi connectivity index (χ1) is 4.68. The molecule has 3 heteroatoms. The number of hydrogen-bond donors (Lipinski definition) is 0. The van der Waals surface area contributed by atoms with Crippen molar-refractivity contribution in [2.24, 2.45) is 4.99 Å². The van der Waals surface area contributed by atoms with Crippen LogP contribution in [0.25, 0.3) is 0 Å². The van der Waals surface area contributed by atoms with Crippen LogP contribution in [0.2, 0.25) is 0 Å². The highest BCUT2D eigenvalue weighted by Crippen LogP contribution is 1.82. The lowest BCUT2D eigenvalue weighted by Crippen LogP contribution is -2.16. The summed E-state index contributed by atoms with van der Waals surface area (Å²) in [7, 11) is 3.38. The van der Waals surface area contributed by atoms with Crippen molar-refractivity contribution in [1.82, 2.24) is 4.90 Å². The standard InChI is InChI=1S/C7H12N2O/c1-7(10)9(3)6-4-5-8-2/h4-6H,1-3H3/b6-4-,8-5?. The van der Waals surface area contributed by atoms with Crippen LogP contribution in [-0.2, 0) is 4.79 Å². The smallest absolute Gasteiger partial charge is 0.223 e. The molecule has 0 saturated carbocycles. The minimum absolute atomic E-state index is 0.0146. The predicted octanol–water partition coefficient (Wildman–Crippen LogP) is 0.679. The third-order valence-corrected chi connectivity index (χ3v) is 1.04. The summed E-state index contributed by atoms with van der Waals surface area (Å²) < 4.78 is 0. The van der Waals surface area contributed by atoms with Crippen LogP contribution < -0.4 is 0 Å². The van der Waals surface area contributed by atoms with Crippen molar-refractivity contribution in [2.45, 2.75) is 6.92 Å². The third kappa shape index (κ3) is 3.83. The van der Waals surface area contributed by atoms with E-state index in [9.17, 15) is 4.79 Å². The van der Waals surface area contributed by atoms with Crippen molar-refractivity contribution in [3.05, 3.63) is 12.3 Å². The summed E-state index contributed by atoms with van der Waals surface area (Å²) in [5.41, 5.74) is 0. The van der Waals surface area contributed by atoms with Crippen LogP contribution >= 0.6 is 0 Å². The largest absolute Gasteiger partial charge is 0.322 e. The zero-order valence-electron chi connectivity index (χ0n) is 6.53. The van der Waals surface area contributed by atoms with Crippen molar-refractivity contribution in [3.63, 3.8) is 0 Å². The SMILES string of the molecule is CN=C/C=C\N(C)C(C)=O. The van der Waals surface area contributed by atoms with E-state index in [2.05, 4.69) is 4.99 Å². The van der Waals surface area contributed by atoms with Gasteiger partial charge in [0.15, 0.2) is 0 Å². The Morgan fingerprint density at radius 1 is 1.60 bits per heavy atom. The fourth-order valence-corrected chi connectivity index (χ4v) is 0.359. The van der Waals surface area contributed by atoms with E-state index in [0.717, 1.165) is 0 Å². The van der Waals surface area contributed by atoms with Crippen molar-refractivity contribution in [2.75, 3.05) is 14.1 Å². The van der Waals surface area contributed by atoms with Gasteiger partial charge < -0.3 is 4.90 Å². The van der Waals surface area contributed by atoms with Gasteiger partial charge in [-0.1, -0.05) is 0 Å². The van der Waals surface area contributed by atoms with Gasteiger partial charge in [0.1, 0.15) is 0 Å². The zero-order chi connectivity index (χ0) is 7.98. The summed E-state index contributed by atoms with van der Waals surface area (Å²) in [6.07, 6.45) is 5.00. The van der Waals surface area contributed by atoms with Crippen LogP contribution in [0.15, 0.2) is 17.3 Å². The molecule has 0 saturated heterocycles. The number of aliphatic imine (C=N–C) groups is 1. The monoisotopic (exact) mass is 140 g/mol. The Morgan fingerprint density at radius 3 is 2.60 bits per heavy atom. The van der Waals surface area contributed by atoms with Gasteiger partial charge >= 0.3 is 0 Å². The fourth-order valence-electron chi connectivity index (χ4n) is 0.359. The molecule has 10 heavy (non-hydrogen) atoms. The van der Waals surface area contributed by atoms with Gasteiger partial charge in [-0.2, -0.15) is 0 Å². The van der Waals surface area contributed by atoms with E-state index in [0.29, 0.717) is 0 Å². The maximum atomic E-state index is 10.6. The van der Waals surface area contributed by atoms with E-state index in [-0.39, 0.29) is 5.91 Å². The molecular formula is C7H12N2O. The van der Waals surface area contributed by atoms with Crippen molar-refractivity contribution >= 4 is 12.1 Å². The second kappa shape index (κ2) is 4.73. The summed E-state index contributed by atoms with van der Waals surface area (Å²) >= 11 is 0. The van der Waals surface area contributed by atoms with E-state index in [1.165, 1.54) is 11.8 Å². The second-order valence-corrected chi connectivity index (χ2v) is 1.88. The predicted molar refractivity (Wildman–Crippen MR) is 42.0 cm³/mol. The highest BCUT2D eigenvalue weighted by molar-refractivity contribution is 5.76. The highest BCUT2D eigenvalue weighted by Gasteiger charge is 1.92. The second-order valence-electron chi connectivity index (χ2n) is 1.88. The molecule has 0 atom stereocenters. The molecular weight excluding hydrogens is 128 g/mol. The zero-order valence-corrected chi connectivity index (χ0v) is 6.53. The lowest BCUT2D eigenvalue weighted by molar-refractivity contribution is -0.125. The van der Waals surface area contributed by atoms with Crippen LogP contribution in [0.4, 0.5) is 0 Å². The maximum absolute atomic E-state index is 10.6. The summed E-state index contributed by atoms with van der Waals surface area (Å²) in [5.74, 6) is 0.0146. The molecule has 3 nitrogen and oxygen atoms in total. The number of amides is 1. The molecule has 0 unspecified atom stereocenters. The van der Waals surface area contributed by atoms with Crippen molar-refractivity contribution in [1.29, 1.82) is 0 Å². The van der Waals surface area contributed by atoms with Crippen LogP contribution in [0.5, 0.6) is 0 Å². The topological polar surface area (TPSA) is 32.7 Å². The fraction of sp³-hybridized carbons (Fsp3) is 0.429. The molecule has 0 aliphatic heterocycles. The molecule has 0 aromatic heterocycles. The van der Waals surface area contributed by atoms with Crippen LogP contribution in [-0.4, -0.2) is 31.1 Å². The molecule has 56 valence electrons. The number of allylic oxidation sites excluding steroid dienone is 1. The van der Waals surface area contributed by atoms with Gasteiger partial charge in [0, 0.05) is 33.4 Å². The molecule has 0 fully saturated rings. The van der Waals surface area contributed by atoms with E-state index in [1.807, 2.05) is 0 Å². The van der Waals surface area contributed by atoms with Crippen LogP contribution in [0.3, 0.4) is 0 Å². The number of carbonyl (C=O) groups excluding carboxylic acids is 1. The Hall–Kier alpha value is -1.12. The Labute approximate surface area is 61.1 Å². The molecule has 0 radical (unpaired) electrons. The molecule has 1 amide bonds. The van der Waals surface area contributed by atoms with E-state index in [1.54, 1.807) is 32.6 Å². The lowest BCUT2D eigenvalue weighted by atomic mass is 10.5. The number of carbonyl (C=O) groups is 1. The number of nitrogens with zero attached hydrogens (tertiary/aromatic N) is 2. The Balaban J connectivity index is 3.77. The highest BCUT2D eigenvalue weighted by atomic mass is 16.2. The van der Waals surface area contributed by atoms with Crippen molar-refractivity contribution < 1.29 is 4.79 Å². The normalized spacial score (nSPS) is 11.1. The van der Waals surface area contributed by atoms with E-state index >= 15 is 0 Å². The number of hydrogen-bond acceptors (Lipinski definition) is 2. The van der Waals surface area contributed by atoms with Gasteiger partial charge in [0.05, 0.1) is 0 Å². The summed E-state index contributed by atoms with van der Waals surface area (Å²) in [6, 6.07) is 0. The first-order valence-electron chi connectivity index (χ1n) is 3.01. The Kier molecular flexibility index (Phi) is 4.20.